The molecule has 0 radical (unpaired) electrons. The molecule has 0 atom stereocenters. The molecule has 0 amide bonds. The van der Waals surface area contributed by atoms with Gasteiger partial charge in [-0.1, -0.05) is 35.9 Å². The van der Waals surface area contributed by atoms with E-state index in [1.807, 2.05) is 42.2 Å². The van der Waals surface area contributed by atoms with Crippen LogP contribution in [0.2, 0.25) is 5.02 Å². The van der Waals surface area contributed by atoms with Crippen LogP contribution in [0.15, 0.2) is 65.6 Å². The maximum atomic E-state index is 13.4. The second kappa shape index (κ2) is 13.8. The van der Waals surface area contributed by atoms with Crippen LogP contribution in [-0.2, 0) is 14.8 Å². The van der Waals surface area contributed by atoms with E-state index in [1.165, 1.54) is 8.99 Å². The van der Waals surface area contributed by atoms with Gasteiger partial charge in [0.1, 0.15) is 18.0 Å². The van der Waals surface area contributed by atoms with Crippen molar-refractivity contribution in [1.82, 2.24) is 14.1 Å². The van der Waals surface area contributed by atoms with Gasteiger partial charge in [0.2, 0.25) is 15.8 Å². The minimum absolute atomic E-state index is 0.00284. The molecule has 0 N–H and O–H groups in total. The summed E-state index contributed by atoms with van der Waals surface area (Å²) in [6.45, 7) is 4.62. The largest absolute Gasteiger partial charge is 0.494 e. The van der Waals surface area contributed by atoms with Gasteiger partial charge in [0.15, 0.2) is 0 Å². The Morgan fingerprint density at radius 1 is 0.949 bits per heavy atom. The number of aromatic nitrogens is 2. The monoisotopic (exact) mass is 576 g/mol. The molecule has 3 aromatic rings. The molecule has 0 aliphatic carbocycles. The van der Waals surface area contributed by atoms with Gasteiger partial charge in [0.05, 0.1) is 30.9 Å². The molecular weight excluding hydrogens is 544 g/mol. The molecular formula is C27H33ClN4O6S. The van der Waals surface area contributed by atoms with Gasteiger partial charge >= 0.3 is 5.56 Å². The summed E-state index contributed by atoms with van der Waals surface area (Å²) in [5.74, 6) is 0.857. The normalized spacial score (nSPS) is 14.4. The van der Waals surface area contributed by atoms with Crippen molar-refractivity contribution >= 4 is 27.3 Å². The van der Waals surface area contributed by atoms with Gasteiger partial charge in [0.25, 0.3) is 0 Å². The lowest BCUT2D eigenvalue weighted by atomic mass is 10.3. The standard InChI is InChI=1S/C27H33ClN4O6S/c1-2-36-17-18-38-26-25(21-29-32(27(26)33)23-9-6-8-22(28)20-23)30-12-14-31(15-13-30)39(34,35)19-7-16-37-24-10-4-3-5-11-24/h3-6,8-11,20-21H,2,7,12-19H2,1H3. The number of rotatable bonds is 13. The number of benzene rings is 2. The molecule has 210 valence electrons. The van der Waals surface area contributed by atoms with Crippen LogP contribution in [0.5, 0.6) is 11.5 Å². The topological polar surface area (TPSA) is 103 Å². The van der Waals surface area contributed by atoms with Crippen LogP contribution in [-0.4, -0.2) is 80.9 Å². The first-order valence-electron chi connectivity index (χ1n) is 12.9. The Kier molecular flexibility index (Phi) is 10.2. The highest BCUT2D eigenvalue weighted by molar-refractivity contribution is 7.89. The average Bonchev–Trinajstić information content (AvgIpc) is 2.95. The Morgan fingerprint density at radius 2 is 1.72 bits per heavy atom. The van der Waals surface area contributed by atoms with E-state index in [2.05, 4.69) is 5.10 Å². The van der Waals surface area contributed by atoms with Crippen molar-refractivity contribution in [3.63, 3.8) is 0 Å². The lowest BCUT2D eigenvalue weighted by molar-refractivity contribution is 0.109. The summed E-state index contributed by atoms with van der Waals surface area (Å²) in [4.78, 5) is 15.4. The summed E-state index contributed by atoms with van der Waals surface area (Å²) in [7, 11) is -3.44. The quantitative estimate of drug-likeness (QED) is 0.286. The van der Waals surface area contributed by atoms with Crippen molar-refractivity contribution in [2.45, 2.75) is 13.3 Å². The van der Waals surface area contributed by atoms with E-state index in [0.29, 0.717) is 61.5 Å². The molecule has 1 fully saturated rings. The maximum Gasteiger partial charge on any atom is 0.316 e. The number of nitrogens with zero attached hydrogens (tertiary/aromatic N) is 4. The van der Waals surface area contributed by atoms with Crippen molar-refractivity contribution in [3.05, 3.63) is 76.2 Å². The minimum atomic E-state index is -3.44. The smallest absolute Gasteiger partial charge is 0.316 e. The minimum Gasteiger partial charge on any atom is -0.494 e. The van der Waals surface area contributed by atoms with Crippen molar-refractivity contribution in [1.29, 1.82) is 0 Å². The number of sulfonamides is 1. The van der Waals surface area contributed by atoms with Gasteiger partial charge in [-0.15, -0.1) is 0 Å². The third-order valence-corrected chi connectivity index (χ3v) is 8.37. The number of anilines is 1. The van der Waals surface area contributed by atoms with Gasteiger partial charge in [-0.05, 0) is 43.7 Å². The molecule has 0 saturated carbocycles. The van der Waals surface area contributed by atoms with Crippen molar-refractivity contribution in [2.75, 3.05) is 63.3 Å². The molecule has 1 saturated heterocycles. The first-order chi connectivity index (χ1) is 18.9. The van der Waals surface area contributed by atoms with E-state index in [-0.39, 0.29) is 31.2 Å². The van der Waals surface area contributed by atoms with E-state index in [9.17, 15) is 13.2 Å². The summed E-state index contributed by atoms with van der Waals surface area (Å²) >= 11 is 6.12. The molecule has 4 rings (SSSR count). The zero-order valence-electron chi connectivity index (χ0n) is 21.9. The van der Waals surface area contributed by atoms with Crippen LogP contribution in [0.25, 0.3) is 5.69 Å². The number of hydrogen-bond donors (Lipinski definition) is 0. The molecule has 12 heteroatoms. The fourth-order valence-corrected chi connectivity index (χ4v) is 5.86. The zero-order chi connectivity index (χ0) is 27.7. The maximum absolute atomic E-state index is 13.4. The average molecular weight is 577 g/mol. The zero-order valence-corrected chi connectivity index (χ0v) is 23.4. The van der Waals surface area contributed by atoms with Crippen LogP contribution in [0.3, 0.4) is 0 Å². The molecule has 0 bridgehead atoms. The van der Waals surface area contributed by atoms with Gasteiger partial charge in [-0.25, -0.2) is 8.42 Å². The van der Waals surface area contributed by atoms with Gasteiger partial charge in [0, 0.05) is 37.8 Å². The van der Waals surface area contributed by atoms with Gasteiger partial charge in [-0.2, -0.15) is 14.1 Å². The van der Waals surface area contributed by atoms with Crippen molar-refractivity contribution in [3.8, 4) is 17.2 Å². The highest BCUT2D eigenvalue weighted by atomic mass is 35.5. The number of ether oxygens (including phenoxy) is 3. The first-order valence-corrected chi connectivity index (χ1v) is 14.9. The number of hydrogen-bond acceptors (Lipinski definition) is 8. The van der Waals surface area contributed by atoms with Crippen molar-refractivity contribution in [2.24, 2.45) is 0 Å². The fraction of sp³-hybridized carbons (Fsp3) is 0.407. The number of piperazine rings is 1. The Balaban J connectivity index is 1.42. The predicted octanol–water partition coefficient (Wildman–Crippen LogP) is 3.22. The summed E-state index contributed by atoms with van der Waals surface area (Å²) in [6.07, 6.45) is 1.96. The summed E-state index contributed by atoms with van der Waals surface area (Å²) in [6, 6.07) is 16.2. The molecule has 2 aromatic carbocycles. The Morgan fingerprint density at radius 3 is 2.44 bits per heavy atom. The van der Waals surface area contributed by atoms with Crippen LogP contribution in [0.4, 0.5) is 5.69 Å². The molecule has 39 heavy (non-hydrogen) atoms. The van der Waals surface area contributed by atoms with E-state index < -0.39 is 15.6 Å². The molecule has 0 spiro atoms. The Hall–Kier alpha value is -3.12. The van der Waals surface area contributed by atoms with E-state index in [4.69, 9.17) is 25.8 Å². The van der Waals surface area contributed by atoms with Crippen LogP contribution in [0, 0.1) is 0 Å². The van der Waals surface area contributed by atoms with E-state index >= 15 is 0 Å². The van der Waals surface area contributed by atoms with Crippen LogP contribution < -0.4 is 19.9 Å². The lowest BCUT2D eigenvalue weighted by Crippen LogP contribution is -2.49. The second-order valence-electron chi connectivity index (χ2n) is 8.82. The fourth-order valence-electron chi connectivity index (χ4n) is 4.21. The van der Waals surface area contributed by atoms with Crippen LogP contribution >= 0.6 is 11.6 Å². The Bertz CT molecular complexity index is 1380. The lowest BCUT2D eigenvalue weighted by Gasteiger charge is -2.35. The van der Waals surface area contributed by atoms with Crippen LogP contribution in [0.1, 0.15) is 13.3 Å². The second-order valence-corrected chi connectivity index (χ2v) is 11.3. The van der Waals surface area contributed by atoms with Crippen molar-refractivity contribution < 1.29 is 22.6 Å². The van der Waals surface area contributed by atoms with E-state index in [1.54, 1.807) is 30.5 Å². The van der Waals surface area contributed by atoms with Gasteiger partial charge in [-0.3, -0.25) is 4.79 Å². The predicted molar refractivity (Wildman–Crippen MR) is 151 cm³/mol. The SMILES string of the molecule is CCOCCOc1c(N2CCN(S(=O)(=O)CCCOc3ccccc3)CC2)cnn(-c2cccc(Cl)c2)c1=O. The molecule has 2 heterocycles. The molecule has 10 nitrogen and oxygen atoms in total. The summed E-state index contributed by atoms with van der Waals surface area (Å²) < 4.78 is 45.5. The number of para-hydroxylation sites is 1. The highest BCUT2D eigenvalue weighted by Gasteiger charge is 2.29. The molecule has 1 aliphatic rings. The molecule has 1 aromatic heterocycles. The number of halogens is 1. The molecule has 0 unspecified atom stereocenters. The third kappa shape index (κ3) is 7.72. The summed E-state index contributed by atoms with van der Waals surface area (Å²) in [5.41, 5.74) is 0.601. The molecule has 1 aliphatic heterocycles. The third-order valence-electron chi connectivity index (χ3n) is 6.18. The van der Waals surface area contributed by atoms with E-state index in [0.717, 1.165) is 0 Å². The Labute approximate surface area is 233 Å². The summed E-state index contributed by atoms with van der Waals surface area (Å²) in [5, 5.41) is 4.84. The first kappa shape index (κ1) is 28.9. The van der Waals surface area contributed by atoms with Gasteiger partial charge < -0.3 is 19.1 Å². The highest BCUT2D eigenvalue weighted by Crippen LogP contribution is 2.26.